The van der Waals surface area contributed by atoms with E-state index in [1.807, 2.05) is 4.90 Å². The molecule has 0 saturated carbocycles. The molecule has 1 rings (SSSR count). The van der Waals surface area contributed by atoms with Crippen LogP contribution in [-0.2, 0) is 4.79 Å². The third-order valence-corrected chi connectivity index (χ3v) is 2.83. The Morgan fingerprint density at radius 2 is 2.40 bits per heavy atom. The summed E-state index contributed by atoms with van der Waals surface area (Å²) in [5.74, 6) is 0.121. The van der Waals surface area contributed by atoms with Crippen LogP contribution in [0.2, 0.25) is 0 Å². The summed E-state index contributed by atoms with van der Waals surface area (Å²) in [7, 11) is 0. The van der Waals surface area contributed by atoms with Crippen molar-refractivity contribution in [1.82, 2.24) is 4.90 Å². The molecule has 2 N–H and O–H groups in total. The van der Waals surface area contributed by atoms with Crippen LogP contribution in [0.25, 0.3) is 0 Å². The first-order valence-corrected chi connectivity index (χ1v) is 5.85. The fraction of sp³-hybridized carbons (Fsp3) is 0.750. The maximum Gasteiger partial charge on any atom is 0.239 e. The molecule has 0 saturated heterocycles. The summed E-state index contributed by atoms with van der Waals surface area (Å²) in [6.07, 6.45) is 6.11. The minimum Gasteiger partial charge on any atom is -0.337 e. The van der Waals surface area contributed by atoms with Crippen LogP contribution >= 0.6 is 0 Å². The predicted octanol–water partition coefficient (Wildman–Crippen LogP) is 1.68. The second-order valence-corrected chi connectivity index (χ2v) is 4.35. The van der Waals surface area contributed by atoms with E-state index in [-0.39, 0.29) is 11.9 Å². The van der Waals surface area contributed by atoms with Crippen LogP contribution in [0, 0.1) is 0 Å². The van der Waals surface area contributed by atoms with Gasteiger partial charge in [-0.1, -0.05) is 31.4 Å². The van der Waals surface area contributed by atoms with E-state index >= 15 is 0 Å². The van der Waals surface area contributed by atoms with Gasteiger partial charge in [0.05, 0.1) is 6.04 Å². The van der Waals surface area contributed by atoms with Crippen LogP contribution in [0.4, 0.5) is 0 Å². The number of rotatable bonds is 4. The minimum absolute atomic E-state index is 0.121. The number of unbranched alkanes of at least 4 members (excludes halogenated alkanes) is 1. The number of hydrogen-bond acceptors (Lipinski definition) is 2. The average Bonchev–Trinajstić information content (AvgIpc) is 2.24. The summed E-state index contributed by atoms with van der Waals surface area (Å²) in [6, 6.07) is -0.296. The van der Waals surface area contributed by atoms with E-state index in [2.05, 4.69) is 19.9 Å². The Hall–Kier alpha value is -0.830. The molecule has 1 unspecified atom stereocenters. The zero-order valence-electron chi connectivity index (χ0n) is 9.83. The second kappa shape index (κ2) is 5.91. The van der Waals surface area contributed by atoms with E-state index in [9.17, 15) is 4.79 Å². The number of carbonyl (C=O) groups is 1. The molecule has 1 heterocycles. The monoisotopic (exact) mass is 210 g/mol. The topological polar surface area (TPSA) is 46.3 Å². The standard InChI is InChI=1S/C12H22N2O/c1-3-4-7-11(13)12(15)14-8-5-6-10(2)9-14/h6,11H,3-5,7-9,13H2,1-2H3. The largest absolute Gasteiger partial charge is 0.337 e. The van der Waals surface area contributed by atoms with Gasteiger partial charge in [0.1, 0.15) is 0 Å². The summed E-state index contributed by atoms with van der Waals surface area (Å²) >= 11 is 0. The lowest BCUT2D eigenvalue weighted by atomic mass is 10.1. The van der Waals surface area contributed by atoms with Crippen molar-refractivity contribution < 1.29 is 4.79 Å². The van der Waals surface area contributed by atoms with Crippen LogP contribution in [0.3, 0.4) is 0 Å². The zero-order chi connectivity index (χ0) is 11.3. The Bertz CT molecular complexity index is 248. The maximum atomic E-state index is 11.9. The first kappa shape index (κ1) is 12.2. The number of carbonyl (C=O) groups excluding carboxylic acids is 1. The van der Waals surface area contributed by atoms with Crippen molar-refractivity contribution in [1.29, 1.82) is 0 Å². The molecule has 0 radical (unpaired) electrons. The van der Waals surface area contributed by atoms with E-state index < -0.39 is 0 Å². The first-order chi connectivity index (χ1) is 7.15. The van der Waals surface area contributed by atoms with Crippen molar-refractivity contribution in [3.8, 4) is 0 Å². The Morgan fingerprint density at radius 3 is 3.00 bits per heavy atom. The summed E-state index contributed by atoms with van der Waals surface area (Å²) in [6.45, 7) is 5.77. The van der Waals surface area contributed by atoms with Gasteiger partial charge < -0.3 is 10.6 Å². The highest BCUT2D eigenvalue weighted by atomic mass is 16.2. The Labute approximate surface area is 92.3 Å². The highest BCUT2D eigenvalue weighted by Gasteiger charge is 2.21. The van der Waals surface area contributed by atoms with Gasteiger partial charge in [-0.05, 0) is 19.8 Å². The SMILES string of the molecule is CCCCC(N)C(=O)N1CCC=C(C)C1. The summed E-state index contributed by atoms with van der Waals surface area (Å²) < 4.78 is 0. The van der Waals surface area contributed by atoms with Crippen molar-refractivity contribution in [3.05, 3.63) is 11.6 Å². The molecular formula is C12H22N2O. The van der Waals surface area contributed by atoms with Gasteiger partial charge in [-0.2, -0.15) is 0 Å². The molecule has 1 amide bonds. The van der Waals surface area contributed by atoms with Crippen molar-refractivity contribution in [2.45, 2.75) is 45.6 Å². The van der Waals surface area contributed by atoms with E-state index in [1.54, 1.807) is 0 Å². The zero-order valence-corrected chi connectivity index (χ0v) is 9.83. The molecule has 15 heavy (non-hydrogen) atoms. The highest BCUT2D eigenvalue weighted by Crippen LogP contribution is 2.11. The van der Waals surface area contributed by atoms with E-state index in [1.165, 1.54) is 5.57 Å². The van der Waals surface area contributed by atoms with Crippen LogP contribution in [0.1, 0.15) is 39.5 Å². The maximum absolute atomic E-state index is 11.9. The van der Waals surface area contributed by atoms with Crippen LogP contribution in [0.15, 0.2) is 11.6 Å². The quantitative estimate of drug-likeness (QED) is 0.718. The third kappa shape index (κ3) is 3.67. The third-order valence-electron chi connectivity index (χ3n) is 2.83. The van der Waals surface area contributed by atoms with Crippen molar-refractivity contribution in [3.63, 3.8) is 0 Å². The molecular weight excluding hydrogens is 188 g/mol. The average molecular weight is 210 g/mol. The second-order valence-electron chi connectivity index (χ2n) is 4.35. The van der Waals surface area contributed by atoms with Gasteiger partial charge in [-0.25, -0.2) is 0 Å². The molecule has 86 valence electrons. The molecule has 0 aromatic heterocycles. The summed E-state index contributed by atoms with van der Waals surface area (Å²) in [5.41, 5.74) is 7.14. The van der Waals surface area contributed by atoms with Gasteiger partial charge in [-0.15, -0.1) is 0 Å². The Kier molecular flexibility index (Phi) is 4.82. The molecule has 0 spiro atoms. The van der Waals surface area contributed by atoms with Gasteiger partial charge >= 0.3 is 0 Å². The van der Waals surface area contributed by atoms with Gasteiger partial charge in [-0.3, -0.25) is 4.79 Å². The molecule has 3 nitrogen and oxygen atoms in total. The summed E-state index contributed by atoms with van der Waals surface area (Å²) in [4.78, 5) is 13.8. The number of amides is 1. The Morgan fingerprint density at radius 1 is 1.67 bits per heavy atom. The molecule has 1 aliphatic rings. The van der Waals surface area contributed by atoms with Gasteiger partial charge in [0.2, 0.25) is 5.91 Å². The summed E-state index contributed by atoms with van der Waals surface area (Å²) in [5, 5.41) is 0. The van der Waals surface area contributed by atoms with Gasteiger partial charge in [0.25, 0.3) is 0 Å². The normalized spacial score (nSPS) is 18.6. The highest BCUT2D eigenvalue weighted by molar-refractivity contribution is 5.82. The predicted molar refractivity (Wildman–Crippen MR) is 62.5 cm³/mol. The number of nitrogens with zero attached hydrogens (tertiary/aromatic N) is 1. The molecule has 1 atom stereocenters. The Balaban J connectivity index is 2.42. The molecule has 0 fully saturated rings. The van der Waals surface area contributed by atoms with Gasteiger partial charge in [0, 0.05) is 13.1 Å². The van der Waals surface area contributed by atoms with E-state index in [4.69, 9.17) is 5.73 Å². The van der Waals surface area contributed by atoms with Crippen molar-refractivity contribution >= 4 is 5.91 Å². The lowest BCUT2D eigenvalue weighted by Crippen LogP contribution is -2.45. The minimum atomic E-state index is -0.296. The smallest absolute Gasteiger partial charge is 0.239 e. The molecule has 1 aliphatic heterocycles. The van der Waals surface area contributed by atoms with Crippen molar-refractivity contribution in [2.24, 2.45) is 5.73 Å². The van der Waals surface area contributed by atoms with Crippen LogP contribution in [-0.4, -0.2) is 29.9 Å². The van der Waals surface area contributed by atoms with Crippen LogP contribution in [0.5, 0.6) is 0 Å². The van der Waals surface area contributed by atoms with E-state index in [0.717, 1.165) is 38.8 Å². The fourth-order valence-corrected chi connectivity index (χ4v) is 1.88. The molecule has 3 heteroatoms. The lowest BCUT2D eigenvalue weighted by Gasteiger charge is -2.28. The molecule has 0 aromatic carbocycles. The lowest BCUT2D eigenvalue weighted by molar-refractivity contribution is -0.132. The molecule has 0 bridgehead atoms. The first-order valence-electron chi connectivity index (χ1n) is 5.85. The molecule has 0 aromatic rings. The van der Waals surface area contributed by atoms with Crippen LogP contribution < -0.4 is 5.73 Å². The number of hydrogen-bond donors (Lipinski definition) is 1. The van der Waals surface area contributed by atoms with Gasteiger partial charge in [0.15, 0.2) is 0 Å². The van der Waals surface area contributed by atoms with E-state index in [0.29, 0.717) is 0 Å². The van der Waals surface area contributed by atoms with Crippen molar-refractivity contribution in [2.75, 3.05) is 13.1 Å². The fourth-order valence-electron chi connectivity index (χ4n) is 1.88. The number of nitrogens with two attached hydrogens (primary N) is 1. The molecule has 0 aliphatic carbocycles.